The van der Waals surface area contributed by atoms with E-state index >= 15 is 0 Å². The van der Waals surface area contributed by atoms with Crippen LogP contribution >= 0.6 is 0 Å². The molecule has 0 saturated heterocycles. The normalized spacial score (nSPS) is 17.1. The molecule has 3 N–H and O–H groups in total. The minimum atomic E-state index is -0.375. The van der Waals surface area contributed by atoms with E-state index in [-0.39, 0.29) is 5.91 Å². The van der Waals surface area contributed by atoms with Gasteiger partial charge in [-0.1, -0.05) is 30.3 Å². The van der Waals surface area contributed by atoms with E-state index in [4.69, 9.17) is 5.73 Å². The lowest BCUT2D eigenvalue weighted by Gasteiger charge is -2.28. The Hall–Kier alpha value is -2.29. The maximum Gasteiger partial charge on any atom is 0.249 e. The number of hydrogen-bond acceptors (Lipinski definition) is 2. The van der Waals surface area contributed by atoms with Gasteiger partial charge in [-0.3, -0.25) is 4.79 Å². The van der Waals surface area contributed by atoms with Crippen molar-refractivity contribution in [1.82, 2.24) is 0 Å². The maximum absolute atomic E-state index is 11.5. The summed E-state index contributed by atoms with van der Waals surface area (Å²) in [4.78, 5) is 11.5. The lowest BCUT2D eigenvalue weighted by atomic mass is 9.87. The Morgan fingerprint density at radius 1 is 1.19 bits per heavy atom. The molecule has 0 fully saturated rings. The molecular formula is C18H20N2O. The van der Waals surface area contributed by atoms with Gasteiger partial charge in [0.1, 0.15) is 0 Å². The first kappa shape index (κ1) is 13.7. The summed E-state index contributed by atoms with van der Waals surface area (Å²) in [6.45, 7) is 1.94. The first-order chi connectivity index (χ1) is 10.2. The van der Waals surface area contributed by atoms with E-state index in [2.05, 4.69) is 29.6 Å². The van der Waals surface area contributed by atoms with Crippen molar-refractivity contribution in [1.29, 1.82) is 0 Å². The Morgan fingerprint density at radius 3 is 2.81 bits per heavy atom. The van der Waals surface area contributed by atoms with Gasteiger partial charge in [0.25, 0.3) is 0 Å². The number of hydrogen-bond donors (Lipinski definition) is 2. The monoisotopic (exact) mass is 280 g/mol. The molecule has 0 bridgehead atoms. The first-order valence-electron chi connectivity index (χ1n) is 7.40. The van der Waals surface area contributed by atoms with Crippen LogP contribution in [0.15, 0.2) is 42.5 Å². The highest BCUT2D eigenvalue weighted by Crippen LogP contribution is 2.33. The van der Waals surface area contributed by atoms with Crippen LogP contribution in [0.1, 0.15) is 45.9 Å². The Kier molecular flexibility index (Phi) is 3.65. The highest BCUT2D eigenvalue weighted by atomic mass is 16.1. The third-order valence-corrected chi connectivity index (χ3v) is 4.30. The van der Waals surface area contributed by atoms with Crippen LogP contribution in [0.5, 0.6) is 0 Å². The molecule has 1 aliphatic carbocycles. The summed E-state index contributed by atoms with van der Waals surface area (Å²) < 4.78 is 0. The zero-order chi connectivity index (χ0) is 14.8. The summed E-state index contributed by atoms with van der Waals surface area (Å²) in [5.74, 6) is -0.375. The third kappa shape index (κ3) is 2.64. The number of benzene rings is 2. The highest BCUT2D eigenvalue weighted by molar-refractivity contribution is 5.95. The van der Waals surface area contributed by atoms with Gasteiger partial charge in [-0.05, 0) is 55.0 Å². The Morgan fingerprint density at radius 2 is 2.00 bits per heavy atom. The summed E-state index contributed by atoms with van der Waals surface area (Å²) in [7, 11) is 0. The number of anilines is 1. The standard InChI is InChI=1S/C18H20N2O/c1-12-14(18(19)21)9-5-10-16(12)20-17-11-4-7-13-6-2-3-8-15(13)17/h2-3,5-6,8-10,17,20H,4,7,11H2,1H3,(H2,19,21). The molecule has 0 heterocycles. The van der Waals surface area contributed by atoms with E-state index in [0.717, 1.165) is 24.1 Å². The molecule has 1 atom stereocenters. The van der Waals surface area contributed by atoms with Crippen molar-refractivity contribution >= 4 is 11.6 Å². The maximum atomic E-state index is 11.5. The SMILES string of the molecule is Cc1c(NC2CCCc3ccccc32)cccc1C(N)=O. The Bertz CT molecular complexity index is 679. The van der Waals surface area contributed by atoms with Crippen LogP contribution in [-0.2, 0) is 6.42 Å². The molecule has 0 aliphatic heterocycles. The predicted octanol–water partition coefficient (Wildman–Crippen LogP) is 3.58. The van der Waals surface area contributed by atoms with E-state index in [1.807, 2.05) is 19.1 Å². The van der Waals surface area contributed by atoms with E-state index < -0.39 is 0 Å². The number of nitrogens with one attached hydrogen (secondary N) is 1. The van der Waals surface area contributed by atoms with Crippen molar-refractivity contribution < 1.29 is 4.79 Å². The van der Waals surface area contributed by atoms with Gasteiger partial charge >= 0.3 is 0 Å². The number of fused-ring (bicyclic) bond motifs is 1. The van der Waals surface area contributed by atoms with Crippen LogP contribution in [0, 0.1) is 6.92 Å². The van der Waals surface area contributed by atoms with E-state index in [0.29, 0.717) is 11.6 Å². The van der Waals surface area contributed by atoms with Crippen molar-refractivity contribution in [3.05, 3.63) is 64.7 Å². The fourth-order valence-corrected chi connectivity index (χ4v) is 3.15. The first-order valence-corrected chi connectivity index (χ1v) is 7.40. The van der Waals surface area contributed by atoms with Crippen molar-refractivity contribution in [3.63, 3.8) is 0 Å². The molecule has 3 nitrogen and oxygen atoms in total. The van der Waals surface area contributed by atoms with Crippen molar-refractivity contribution in [2.24, 2.45) is 5.73 Å². The number of nitrogens with two attached hydrogens (primary N) is 1. The van der Waals surface area contributed by atoms with Gasteiger partial charge in [0, 0.05) is 11.3 Å². The average Bonchev–Trinajstić information content (AvgIpc) is 2.49. The second-order valence-electron chi connectivity index (χ2n) is 5.63. The second kappa shape index (κ2) is 5.60. The largest absolute Gasteiger partial charge is 0.378 e. The van der Waals surface area contributed by atoms with Gasteiger partial charge in [-0.2, -0.15) is 0 Å². The molecular weight excluding hydrogens is 260 g/mol. The van der Waals surface area contributed by atoms with Crippen molar-refractivity contribution in [2.45, 2.75) is 32.2 Å². The molecule has 1 aliphatic rings. The summed E-state index contributed by atoms with van der Waals surface area (Å²) in [6, 6.07) is 14.6. The van der Waals surface area contributed by atoms with Crippen LogP contribution in [0.25, 0.3) is 0 Å². The molecule has 108 valence electrons. The number of carbonyl (C=O) groups excluding carboxylic acids is 1. The minimum absolute atomic E-state index is 0.303. The molecule has 2 aromatic rings. The molecule has 0 spiro atoms. The predicted molar refractivity (Wildman–Crippen MR) is 85.4 cm³/mol. The number of amides is 1. The molecule has 21 heavy (non-hydrogen) atoms. The van der Waals surface area contributed by atoms with E-state index in [1.165, 1.54) is 17.5 Å². The fraction of sp³-hybridized carbons (Fsp3) is 0.278. The van der Waals surface area contributed by atoms with E-state index in [1.54, 1.807) is 6.07 Å². The van der Waals surface area contributed by atoms with E-state index in [9.17, 15) is 4.79 Å². The molecule has 0 radical (unpaired) electrons. The van der Waals surface area contributed by atoms with Crippen LogP contribution in [0.4, 0.5) is 5.69 Å². The zero-order valence-corrected chi connectivity index (χ0v) is 12.2. The van der Waals surface area contributed by atoms with Crippen LogP contribution in [0.3, 0.4) is 0 Å². The summed E-state index contributed by atoms with van der Waals surface area (Å²) in [5.41, 5.74) is 10.7. The van der Waals surface area contributed by atoms with Crippen LogP contribution < -0.4 is 11.1 Å². The number of rotatable bonds is 3. The summed E-state index contributed by atoms with van der Waals surface area (Å²) in [5, 5.41) is 3.59. The zero-order valence-electron chi connectivity index (χ0n) is 12.2. The minimum Gasteiger partial charge on any atom is -0.378 e. The molecule has 0 saturated carbocycles. The molecule has 1 amide bonds. The lowest BCUT2D eigenvalue weighted by Crippen LogP contribution is -2.19. The highest BCUT2D eigenvalue weighted by Gasteiger charge is 2.20. The van der Waals surface area contributed by atoms with Crippen molar-refractivity contribution in [2.75, 3.05) is 5.32 Å². The Balaban J connectivity index is 1.92. The number of carbonyl (C=O) groups is 1. The smallest absolute Gasteiger partial charge is 0.249 e. The van der Waals surface area contributed by atoms with Gasteiger partial charge in [-0.25, -0.2) is 0 Å². The van der Waals surface area contributed by atoms with Crippen molar-refractivity contribution in [3.8, 4) is 0 Å². The van der Waals surface area contributed by atoms with Gasteiger partial charge < -0.3 is 11.1 Å². The quantitative estimate of drug-likeness (QED) is 0.902. The van der Waals surface area contributed by atoms with Gasteiger partial charge in [0.2, 0.25) is 5.91 Å². The average molecular weight is 280 g/mol. The number of primary amides is 1. The fourth-order valence-electron chi connectivity index (χ4n) is 3.15. The van der Waals surface area contributed by atoms with Gasteiger partial charge in [-0.15, -0.1) is 0 Å². The molecule has 3 rings (SSSR count). The lowest BCUT2D eigenvalue weighted by molar-refractivity contribution is 0.1000. The second-order valence-corrected chi connectivity index (χ2v) is 5.63. The van der Waals surface area contributed by atoms with Crippen LogP contribution in [0.2, 0.25) is 0 Å². The van der Waals surface area contributed by atoms with Crippen LogP contribution in [-0.4, -0.2) is 5.91 Å². The van der Waals surface area contributed by atoms with Gasteiger partial charge in [0.05, 0.1) is 6.04 Å². The summed E-state index contributed by atoms with van der Waals surface area (Å²) in [6.07, 6.45) is 3.44. The summed E-state index contributed by atoms with van der Waals surface area (Å²) >= 11 is 0. The molecule has 1 unspecified atom stereocenters. The molecule has 2 aromatic carbocycles. The number of aryl methyl sites for hydroxylation is 1. The molecule has 3 heteroatoms. The van der Waals surface area contributed by atoms with Gasteiger partial charge in [0.15, 0.2) is 0 Å². The third-order valence-electron chi connectivity index (χ3n) is 4.30. The molecule has 0 aromatic heterocycles. The topological polar surface area (TPSA) is 55.1 Å². The Labute approximate surface area is 125 Å².